The SMILES string of the molecule is Cc1ccc(N2CC(C(=O)Nc3ccc(N4CCCC4=O)c(Cl)c3)CC2=O)cc1. The van der Waals surface area contributed by atoms with Crippen molar-refractivity contribution in [2.45, 2.75) is 26.2 Å². The number of hydrogen-bond donors (Lipinski definition) is 1. The van der Waals surface area contributed by atoms with E-state index >= 15 is 0 Å². The van der Waals surface area contributed by atoms with E-state index in [9.17, 15) is 14.4 Å². The van der Waals surface area contributed by atoms with Gasteiger partial charge in [0.25, 0.3) is 0 Å². The van der Waals surface area contributed by atoms with Gasteiger partial charge < -0.3 is 15.1 Å². The van der Waals surface area contributed by atoms with Gasteiger partial charge in [-0.25, -0.2) is 0 Å². The highest BCUT2D eigenvalue weighted by Crippen LogP contribution is 2.32. The van der Waals surface area contributed by atoms with Crippen molar-refractivity contribution in [1.82, 2.24) is 0 Å². The quantitative estimate of drug-likeness (QED) is 0.832. The molecule has 2 aromatic rings. The summed E-state index contributed by atoms with van der Waals surface area (Å²) in [6, 6.07) is 12.8. The number of benzene rings is 2. The highest BCUT2D eigenvalue weighted by Gasteiger charge is 2.35. The maximum atomic E-state index is 12.7. The van der Waals surface area contributed by atoms with Gasteiger partial charge in [-0.1, -0.05) is 29.3 Å². The Morgan fingerprint density at radius 3 is 2.48 bits per heavy atom. The monoisotopic (exact) mass is 411 g/mol. The fraction of sp³-hybridized carbons (Fsp3) is 0.318. The molecule has 0 aromatic heterocycles. The first-order valence-corrected chi connectivity index (χ1v) is 10.1. The third-order valence-corrected chi connectivity index (χ3v) is 5.72. The van der Waals surface area contributed by atoms with Gasteiger partial charge in [0.2, 0.25) is 17.7 Å². The van der Waals surface area contributed by atoms with E-state index in [0.717, 1.165) is 17.7 Å². The zero-order valence-electron chi connectivity index (χ0n) is 16.2. The van der Waals surface area contributed by atoms with E-state index in [0.29, 0.717) is 35.9 Å². The van der Waals surface area contributed by atoms with Gasteiger partial charge in [-0.05, 0) is 43.7 Å². The summed E-state index contributed by atoms with van der Waals surface area (Å²) in [5.41, 5.74) is 3.13. The second-order valence-electron chi connectivity index (χ2n) is 7.55. The molecule has 4 rings (SSSR count). The summed E-state index contributed by atoms with van der Waals surface area (Å²) in [4.78, 5) is 40.3. The van der Waals surface area contributed by atoms with Crippen LogP contribution in [0.15, 0.2) is 42.5 Å². The number of carbonyl (C=O) groups excluding carboxylic acids is 3. The van der Waals surface area contributed by atoms with E-state index in [4.69, 9.17) is 11.6 Å². The first-order valence-electron chi connectivity index (χ1n) is 9.70. The third-order valence-electron chi connectivity index (χ3n) is 5.42. The third kappa shape index (κ3) is 3.98. The zero-order valence-corrected chi connectivity index (χ0v) is 16.9. The van der Waals surface area contributed by atoms with Crippen LogP contribution in [-0.2, 0) is 14.4 Å². The molecule has 2 fully saturated rings. The summed E-state index contributed by atoms with van der Waals surface area (Å²) >= 11 is 6.35. The lowest BCUT2D eigenvalue weighted by Crippen LogP contribution is -2.28. The topological polar surface area (TPSA) is 69.7 Å². The molecule has 0 bridgehead atoms. The van der Waals surface area contributed by atoms with Crippen molar-refractivity contribution in [3.05, 3.63) is 53.1 Å². The maximum absolute atomic E-state index is 12.7. The van der Waals surface area contributed by atoms with Crippen LogP contribution < -0.4 is 15.1 Å². The molecule has 2 saturated heterocycles. The summed E-state index contributed by atoms with van der Waals surface area (Å²) in [6.45, 7) is 2.99. The second-order valence-corrected chi connectivity index (χ2v) is 7.95. The van der Waals surface area contributed by atoms with Crippen LogP contribution in [-0.4, -0.2) is 30.8 Å². The highest BCUT2D eigenvalue weighted by atomic mass is 35.5. The molecule has 0 saturated carbocycles. The van der Waals surface area contributed by atoms with Gasteiger partial charge in [0.1, 0.15) is 0 Å². The van der Waals surface area contributed by atoms with E-state index in [1.807, 2.05) is 31.2 Å². The van der Waals surface area contributed by atoms with Crippen LogP contribution in [0, 0.1) is 12.8 Å². The lowest BCUT2D eigenvalue weighted by atomic mass is 10.1. The summed E-state index contributed by atoms with van der Waals surface area (Å²) < 4.78 is 0. The van der Waals surface area contributed by atoms with Crippen molar-refractivity contribution >= 4 is 46.4 Å². The van der Waals surface area contributed by atoms with Gasteiger partial charge in [0.05, 0.1) is 16.6 Å². The largest absolute Gasteiger partial charge is 0.326 e. The summed E-state index contributed by atoms with van der Waals surface area (Å²) in [6.07, 6.45) is 1.52. The number of nitrogens with zero attached hydrogens (tertiary/aromatic N) is 2. The lowest BCUT2D eigenvalue weighted by molar-refractivity contribution is -0.122. The first-order chi connectivity index (χ1) is 13.9. The fourth-order valence-electron chi connectivity index (χ4n) is 3.81. The molecule has 29 heavy (non-hydrogen) atoms. The predicted molar refractivity (Wildman–Crippen MR) is 113 cm³/mol. The Bertz CT molecular complexity index is 974. The van der Waals surface area contributed by atoms with Crippen molar-refractivity contribution in [2.24, 2.45) is 5.92 Å². The zero-order chi connectivity index (χ0) is 20.5. The molecular formula is C22H22ClN3O3. The molecule has 3 amide bonds. The molecule has 7 heteroatoms. The Kier molecular flexibility index (Phi) is 5.28. The van der Waals surface area contributed by atoms with Crippen LogP contribution in [0.1, 0.15) is 24.8 Å². The minimum Gasteiger partial charge on any atom is -0.326 e. The Balaban J connectivity index is 1.43. The van der Waals surface area contributed by atoms with E-state index in [1.165, 1.54) is 0 Å². The van der Waals surface area contributed by atoms with Crippen molar-refractivity contribution in [3.63, 3.8) is 0 Å². The van der Waals surface area contributed by atoms with Gasteiger partial charge in [-0.3, -0.25) is 14.4 Å². The molecule has 150 valence electrons. The second kappa shape index (κ2) is 7.87. The molecule has 0 aliphatic carbocycles. The number of amides is 3. The number of anilines is 3. The smallest absolute Gasteiger partial charge is 0.229 e. The van der Waals surface area contributed by atoms with E-state index < -0.39 is 5.92 Å². The van der Waals surface area contributed by atoms with Gasteiger partial charge in [0.15, 0.2) is 0 Å². The number of aryl methyl sites for hydroxylation is 1. The minimum atomic E-state index is -0.428. The average Bonchev–Trinajstić information content (AvgIpc) is 3.28. The molecular weight excluding hydrogens is 390 g/mol. The standard InChI is InChI=1S/C22H22ClN3O3/c1-14-4-7-17(8-5-14)26-13-15(11-21(26)28)22(29)24-16-6-9-19(18(23)12-16)25-10-2-3-20(25)27/h4-9,12,15H,2-3,10-11,13H2,1H3,(H,24,29). The average molecular weight is 412 g/mol. The van der Waals surface area contributed by atoms with Crippen molar-refractivity contribution in [1.29, 1.82) is 0 Å². The lowest BCUT2D eigenvalue weighted by Gasteiger charge is -2.19. The minimum absolute atomic E-state index is 0.0596. The van der Waals surface area contributed by atoms with Crippen molar-refractivity contribution < 1.29 is 14.4 Å². The molecule has 1 unspecified atom stereocenters. The predicted octanol–water partition coefficient (Wildman–Crippen LogP) is 3.77. The Morgan fingerprint density at radius 1 is 1.07 bits per heavy atom. The molecule has 2 aliphatic rings. The molecule has 2 aromatic carbocycles. The molecule has 2 heterocycles. The number of rotatable bonds is 4. The molecule has 0 radical (unpaired) electrons. The normalized spacial score (nSPS) is 19.2. The molecule has 0 spiro atoms. The number of nitrogens with one attached hydrogen (secondary N) is 1. The van der Waals surface area contributed by atoms with Crippen LogP contribution >= 0.6 is 11.6 Å². The van der Waals surface area contributed by atoms with E-state index in [2.05, 4.69) is 5.32 Å². The van der Waals surface area contributed by atoms with Gasteiger partial charge in [0, 0.05) is 37.3 Å². The number of hydrogen-bond acceptors (Lipinski definition) is 3. The van der Waals surface area contributed by atoms with Crippen LogP contribution in [0.2, 0.25) is 5.02 Å². The van der Waals surface area contributed by atoms with E-state index in [-0.39, 0.29) is 24.1 Å². The Morgan fingerprint density at radius 2 is 1.83 bits per heavy atom. The molecule has 6 nitrogen and oxygen atoms in total. The summed E-state index contributed by atoms with van der Waals surface area (Å²) in [5.74, 6) is -0.643. The summed E-state index contributed by atoms with van der Waals surface area (Å²) in [5, 5.41) is 3.27. The number of carbonyl (C=O) groups is 3. The highest BCUT2D eigenvalue weighted by molar-refractivity contribution is 6.34. The molecule has 1 N–H and O–H groups in total. The fourth-order valence-corrected chi connectivity index (χ4v) is 4.09. The van der Waals surface area contributed by atoms with E-state index in [1.54, 1.807) is 28.0 Å². The van der Waals surface area contributed by atoms with Crippen LogP contribution in [0.25, 0.3) is 0 Å². The first kappa shape index (κ1) is 19.5. The van der Waals surface area contributed by atoms with Crippen LogP contribution in [0.5, 0.6) is 0 Å². The maximum Gasteiger partial charge on any atom is 0.229 e. The molecule has 2 aliphatic heterocycles. The van der Waals surface area contributed by atoms with Gasteiger partial charge in [-0.2, -0.15) is 0 Å². The van der Waals surface area contributed by atoms with Gasteiger partial charge >= 0.3 is 0 Å². The molecule has 1 atom stereocenters. The van der Waals surface area contributed by atoms with Crippen molar-refractivity contribution in [2.75, 3.05) is 28.2 Å². The number of halogens is 1. The van der Waals surface area contributed by atoms with Crippen molar-refractivity contribution in [3.8, 4) is 0 Å². The Labute approximate surface area is 174 Å². The van der Waals surface area contributed by atoms with Crippen LogP contribution in [0.4, 0.5) is 17.1 Å². The van der Waals surface area contributed by atoms with Gasteiger partial charge in [-0.15, -0.1) is 0 Å². The van der Waals surface area contributed by atoms with Crippen LogP contribution in [0.3, 0.4) is 0 Å². The summed E-state index contributed by atoms with van der Waals surface area (Å²) in [7, 11) is 0. The Hall–Kier alpha value is -2.86.